The molecule has 1 aliphatic rings. The first-order chi connectivity index (χ1) is 13.1. The van der Waals surface area contributed by atoms with Gasteiger partial charge in [-0.1, -0.05) is 12.1 Å². The van der Waals surface area contributed by atoms with E-state index in [0.29, 0.717) is 42.0 Å². The number of thiophene rings is 1. The second-order valence-corrected chi connectivity index (χ2v) is 9.04. The molecule has 1 fully saturated rings. The maximum absolute atomic E-state index is 12.6. The summed E-state index contributed by atoms with van der Waals surface area (Å²) in [5.41, 5.74) is 0. The number of nitrogens with zero attached hydrogens (tertiary/aromatic N) is 5. The molecule has 8 nitrogen and oxygen atoms in total. The zero-order chi connectivity index (χ0) is 18.7. The zero-order valence-corrected chi connectivity index (χ0v) is 16.0. The quantitative estimate of drug-likeness (QED) is 0.699. The SMILES string of the molecule is O=S(=O)(c1cccs1)N1CCN(c2cc(Nc3ccccn3)ncn2)CC1. The van der Waals surface area contributed by atoms with Crippen LogP contribution < -0.4 is 10.2 Å². The molecule has 4 rings (SSSR count). The van der Waals surface area contributed by atoms with Crippen LogP contribution in [0.5, 0.6) is 0 Å². The minimum absolute atomic E-state index is 0.389. The minimum atomic E-state index is -3.40. The van der Waals surface area contributed by atoms with Gasteiger partial charge in [0.2, 0.25) is 0 Å². The van der Waals surface area contributed by atoms with Crippen molar-refractivity contribution in [2.45, 2.75) is 4.21 Å². The van der Waals surface area contributed by atoms with Gasteiger partial charge in [-0.25, -0.2) is 23.4 Å². The van der Waals surface area contributed by atoms with Crippen molar-refractivity contribution in [1.82, 2.24) is 19.3 Å². The van der Waals surface area contributed by atoms with Gasteiger partial charge in [0.05, 0.1) is 0 Å². The van der Waals surface area contributed by atoms with Gasteiger partial charge in [0, 0.05) is 38.4 Å². The Bertz CT molecular complexity index is 987. The van der Waals surface area contributed by atoms with E-state index >= 15 is 0 Å². The number of hydrogen-bond donors (Lipinski definition) is 1. The van der Waals surface area contributed by atoms with E-state index in [1.54, 1.807) is 23.7 Å². The lowest BCUT2D eigenvalue weighted by atomic mass is 10.3. The van der Waals surface area contributed by atoms with Gasteiger partial charge in [-0.05, 0) is 23.6 Å². The van der Waals surface area contributed by atoms with Gasteiger partial charge in [0.15, 0.2) is 0 Å². The maximum Gasteiger partial charge on any atom is 0.252 e. The molecule has 140 valence electrons. The van der Waals surface area contributed by atoms with Crippen molar-refractivity contribution < 1.29 is 8.42 Å². The van der Waals surface area contributed by atoms with Crippen LogP contribution in [0.3, 0.4) is 0 Å². The Kier molecular flexibility index (Phi) is 5.01. The highest BCUT2D eigenvalue weighted by molar-refractivity contribution is 7.91. The molecule has 0 radical (unpaired) electrons. The van der Waals surface area contributed by atoms with Crippen LogP contribution in [-0.4, -0.2) is 53.9 Å². The molecule has 0 unspecified atom stereocenters. The van der Waals surface area contributed by atoms with Gasteiger partial charge >= 0.3 is 0 Å². The van der Waals surface area contributed by atoms with E-state index in [0.717, 1.165) is 5.82 Å². The molecule has 27 heavy (non-hydrogen) atoms. The zero-order valence-electron chi connectivity index (χ0n) is 14.4. The average Bonchev–Trinajstić information content (AvgIpc) is 3.25. The largest absolute Gasteiger partial charge is 0.354 e. The van der Waals surface area contributed by atoms with Crippen LogP contribution in [0.15, 0.2) is 58.5 Å². The van der Waals surface area contributed by atoms with Gasteiger partial charge in [-0.3, -0.25) is 0 Å². The maximum atomic E-state index is 12.6. The molecule has 1 aliphatic heterocycles. The summed E-state index contributed by atoms with van der Waals surface area (Å²) in [7, 11) is -3.40. The summed E-state index contributed by atoms with van der Waals surface area (Å²) >= 11 is 1.25. The lowest BCUT2D eigenvalue weighted by molar-refractivity contribution is 0.385. The molecule has 0 aliphatic carbocycles. The molecule has 4 heterocycles. The fraction of sp³-hybridized carbons (Fsp3) is 0.235. The van der Waals surface area contributed by atoms with E-state index in [1.807, 2.05) is 24.3 Å². The fourth-order valence-corrected chi connectivity index (χ4v) is 5.42. The monoisotopic (exact) mass is 402 g/mol. The lowest BCUT2D eigenvalue weighted by Crippen LogP contribution is -2.48. The Morgan fingerprint density at radius 3 is 2.52 bits per heavy atom. The van der Waals surface area contributed by atoms with Gasteiger partial charge in [0.25, 0.3) is 10.0 Å². The smallest absolute Gasteiger partial charge is 0.252 e. The minimum Gasteiger partial charge on any atom is -0.354 e. The van der Waals surface area contributed by atoms with Crippen molar-refractivity contribution in [2.75, 3.05) is 36.4 Å². The normalized spacial score (nSPS) is 15.6. The fourth-order valence-electron chi connectivity index (χ4n) is 2.85. The first-order valence-electron chi connectivity index (χ1n) is 8.42. The molecule has 0 spiro atoms. The molecule has 1 saturated heterocycles. The van der Waals surface area contributed by atoms with Crippen molar-refractivity contribution in [1.29, 1.82) is 0 Å². The molecule has 3 aromatic rings. The van der Waals surface area contributed by atoms with Gasteiger partial charge in [-0.15, -0.1) is 11.3 Å². The van der Waals surface area contributed by atoms with Crippen LogP contribution in [0.1, 0.15) is 0 Å². The third-order valence-electron chi connectivity index (χ3n) is 4.23. The standard InChI is InChI=1S/C17H18N6O2S2/c24-27(25,17-5-3-11-26-17)23-9-7-22(8-10-23)16-12-15(19-13-20-16)21-14-4-1-2-6-18-14/h1-6,11-13H,7-10H2,(H,18,19,20,21). The van der Waals surface area contributed by atoms with Gasteiger partial charge in [0.1, 0.15) is 28.0 Å². The topological polar surface area (TPSA) is 91.3 Å². The number of anilines is 3. The van der Waals surface area contributed by atoms with E-state index in [4.69, 9.17) is 0 Å². The Morgan fingerprint density at radius 1 is 0.963 bits per heavy atom. The third-order valence-corrected chi connectivity index (χ3v) is 7.50. The molecule has 10 heteroatoms. The number of pyridine rings is 1. The second kappa shape index (κ2) is 7.59. The van der Waals surface area contributed by atoms with Crippen molar-refractivity contribution >= 4 is 38.8 Å². The predicted molar refractivity (Wildman–Crippen MR) is 105 cm³/mol. The molecular formula is C17H18N6O2S2. The predicted octanol–water partition coefficient (Wildman–Crippen LogP) is 2.19. The Labute approximate surface area is 161 Å². The van der Waals surface area contributed by atoms with Crippen molar-refractivity contribution in [2.24, 2.45) is 0 Å². The first kappa shape index (κ1) is 17.8. The molecule has 1 N–H and O–H groups in total. The molecular weight excluding hydrogens is 384 g/mol. The van der Waals surface area contributed by atoms with E-state index < -0.39 is 10.0 Å². The van der Waals surface area contributed by atoms with E-state index in [-0.39, 0.29) is 0 Å². The Balaban J connectivity index is 1.43. The van der Waals surface area contributed by atoms with Crippen molar-refractivity contribution in [3.63, 3.8) is 0 Å². The summed E-state index contributed by atoms with van der Waals surface area (Å²) in [6.07, 6.45) is 3.20. The lowest BCUT2D eigenvalue weighted by Gasteiger charge is -2.34. The number of piperazine rings is 1. The molecule has 3 aromatic heterocycles. The molecule has 0 amide bonds. The highest BCUT2D eigenvalue weighted by Gasteiger charge is 2.29. The van der Waals surface area contributed by atoms with Crippen LogP contribution in [0.4, 0.5) is 17.5 Å². The van der Waals surface area contributed by atoms with Crippen LogP contribution >= 0.6 is 11.3 Å². The average molecular weight is 403 g/mol. The highest BCUT2D eigenvalue weighted by Crippen LogP contribution is 2.24. The van der Waals surface area contributed by atoms with Gasteiger partial charge in [-0.2, -0.15) is 4.31 Å². The summed E-state index contributed by atoms with van der Waals surface area (Å²) in [5, 5.41) is 4.92. The molecule has 0 saturated carbocycles. The summed E-state index contributed by atoms with van der Waals surface area (Å²) in [6, 6.07) is 10.8. The summed E-state index contributed by atoms with van der Waals surface area (Å²) < 4.78 is 27.2. The second-order valence-electron chi connectivity index (χ2n) is 5.92. The molecule has 0 atom stereocenters. The third kappa shape index (κ3) is 3.92. The highest BCUT2D eigenvalue weighted by atomic mass is 32.2. The Hall–Kier alpha value is -2.56. The summed E-state index contributed by atoms with van der Waals surface area (Å²) in [5.74, 6) is 2.11. The number of sulfonamides is 1. The van der Waals surface area contributed by atoms with E-state index in [9.17, 15) is 8.42 Å². The van der Waals surface area contributed by atoms with E-state index in [2.05, 4.69) is 25.2 Å². The van der Waals surface area contributed by atoms with Crippen LogP contribution in [-0.2, 0) is 10.0 Å². The summed E-state index contributed by atoms with van der Waals surface area (Å²) in [6.45, 7) is 2.00. The number of rotatable bonds is 5. The number of nitrogens with one attached hydrogen (secondary N) is 1. The van der Waals surface area contributed by atoms with Crippen LogP contribution in [0.25, 0.3) is 0 Å². The number of hydrogen-bond acceptors (Lipinski definition) is 8. The Morgan fingerprint density at radius 2 is 1.81 bits per heavy atom. The number of aromatic nitrogens is 3. The van der Waals surface area contributed by atoms with Crippen molar-refractivity contribution in [3.8, 4) is 0 Å². The van der Waals surface area contributed by atoms with Gasteiger partial charge < -0.3 is 10.2 Å². The van der Waals surface area contributed by atoms with Crippen LogP contribution in [0, 0.1) is 0 Å². The molecule has 0 aromatic carbocycles. The molecule has 0 bridgehead atoms. The summed E-state index contributed by atoms with van der Waals surface area (Å²) in [4.78, 5) is 14.8. The van der Waals surface area contributed by atoms with Crippen LogP contribution in [0.2, 0.25) is 0 Å². The van der Waals surface area contributed by atoms with E-state index in [1.165, 1.54) is 22.0 Å². The first-order valence-corrected chi connectivity index (χ1v) is 10.7. The van der Waals surface area contributed by atoms with Crippen molar-refractivity contribution in [3.05, 3.63) is 54.3 Å².